The summed E-state index contributed by atoms with van der Waals surface area (Å²) in [7, 11) is 0. The lowest BCUT2D eigenvalue weighted by Crippen LogP contribution is -2.36. The average molecular weight is 389 g/mol. The van der Waals surface area contributed by atoms with Gasteiger partial charge in [0.25, 0.3) is 0 Å². The first-order valence-electron chi connectivity index (χ1n) is 8.07. The maximum Gasteiger partial charge on any atom is 0.410 e. The topological polar surface area (TPSA) is 85.2 Å². The fourth-order valence-electron chi connectivity index (χ4n) is 2.70. The van der Waals surface area contributed by atoms with Crippen molar-refractivity contribution in [1.82, 2.24) is 24.4 Å². The van der Waals surface area contributed by atoms with Crippen molar-refractivity contribution in [2.24, 2.45) is 0 Å². The minimum Gasteiger partial charge on any atom is -0.444 e. The third-order valence-corrected chi connectivity index (χ3v) is 3.95. The van der Waals surface area contributed by atoms with Gasteiger partial charge in [-0.3, -0.25) is 4.57 Å². The van der Waals surface area contributed by atoms with E-state index in [1.807, 2.05) is 0 Å². The Balaban J connectivity index is 1.75. The van der Waals surface area contributed by atoms with Crippen molar-refractivity contribution in [3.63, 3.8) is 0 Å². The van der Waals surface area contributed by atoms with Crippen molar-refractivity contribution in [2.75, 3.05) is 18.4 Å². The molecule has 1 fully saturated rings. The van der Waals surface area contributed by atoms with Crippen LogP contribution in [0.25, 0.3) is 11.2 Å². The van der Waals surface area contributed by atoms with E-state index >= 15 is 0 Å². The Morgan fingerprint density at radius 3 is 2.81 bits per heavy atom. The van der Waals surface area contributed by atoms with Crippen LogP contribution < -0.4 is 5.32 Å². The summed E-state index contributed by atoms with van der Waals surface area (Å²) in [6.07, 6.45) is 1.25. The minimum atomic E-state index is -2.78. The molecule has 2 aromatic rings. The molecule has 1 aliphatic heterocycles. The van der Waals surface area contributed by atoms with Crippen molar-refractivity contribution in [3.05, 3.63) is 11.6 Å². The zero-order valence-corrected chi connectivity index (χ0v) is 15.3. The second kappa shape index (κ2) is 6.82. The average Bonchev–Trinajstić information content (AvgIpc) is 3.11. The highest BCUT2D eigenvalue weighted by atomic mass is 35.5. The summed E-state index contributed by atoms with van der Waals surface area (Å²) in [5.74, 6) is 0.260. The molecule has 1 amide bonds. The van der Waals surface area contributed by atoms with E-state index in [-0.39, 0.29) is 28.3 Å². The number of alkyl halides is 2. The van der Waals surface area contributed by atoms with Gasteiger partial charge >= 0.3 is 12.6 Å². The molecule has 0 aromatic carbocycles. The van der Waals surface area contributed by atoms with Crippen LogP contribution in [0.1, 0.15) is 33.7 Å². The van der Waals surface area contributed by atoms with Crippen molar-refractivity contribution in [3.8, 4) is 0 Å². The van der Waals surface area contributed by atoms with Gasteiger partial charge in [-0.25, -0.2) is 9.78 Å². The van der Waals surface area contributed by atoms with Gasteiger partial charge < -0.3 is 15.0 Å². The number of hydrogen-bond donors (Lipinski definition) is 1. The van der Waals surface area contributed by atoms with Gasteiger partial charge in [0.1, 0.15) is 11.9 Å². The Morgan fingerprint density at radius 1 is 1.42 bits per heavy atom. The molecule has 1 saturated heterocycles. The second-order valence-electron chi connectivity index (χ2n) is 7.00. The van der Waals surface area contributed by atoms with E-state index in [1.165, 1.54) is 0 Å². The molecule has 26 heavy (non-hydrogen) atoms. The number of halogens is 3. The molecular formula is C15H19ClF2N6O2. The Bertz CT molecular complexity index is 822. The lowest BCUT2D eigenvalue weighted by Gasteiger charge is -2.24. The highest BCUT2D eigenvalue weighted by Crippen LogP contribution is 2.26. The quantitative estimate of drug-likeness (QED) is 0.812. The van der Waals surface area contributed by atoms with E-state index in [4.69, 9.17) is 16.3 Å². The van der Waals surface area contributed by atoms with E-state index in [0.29, 0.717) is 24.1 Å². The standard InChI is InChI=1S/C15H19ClF2N6O2/c1-15(2,3)26-14(25)23-5-4-8(6-23)20-10-9-11(22-12(16)21-10)24(7-19-9)13(17)18/h7-8,13H,4-6H2,1-3H3,(H,20,21,22)/t8-/m0/s1. The fraction of sp³-hybridized carbons (Fsp3) is 0.600. The summed E-state index contributed by atoms with van der Waals surface area (Å²) in [6, 6.07) is -0.131. The Kier molecular flexibility index (Phi) is 4.87. The number of fused-ring (bicyclic) bond motifs is 1. The monoisotopic (exact) mass is 388 g/mol. The number of carbonyl (C=O) groups excluding carboxylic acids is 1. The number of nitrogens with zero attached hydrogens (tertiary/aromatic N) is 5. The molecule has 0 bridgehead atoms. The number of ether oxygens (including phenoxy) is 1. The Morgan fingerprint density at radius 2 is 2.15 bits per heavy atom. The summed E-state index contributed by atoms with van der Waals surface area (Å²) in [5.41, 5.74) is -0.424. The van der Waals surface area contributed by atoms with Crippen LogP contribution in [0.5, 0.6) is 0 Å². The van der Waals surface area contributed by atoms with E-state index < -0.39 is 18.2 Å². The highest BCUT2D eigenvalue weighted by Gasteiger charge is 2.30. The van der Waals surface area contributed by atoms with Crippen molar-refractivity contribution >= 4 is 34.7 Å². The molecule has 0 saturated carbocycles. The molecular weight excluding hydrogens is 370 g/mol. The van der Waals surface area contributed by atoms with Gasteiger partial charge in [-0.15, -0.1) is 0 Å². The lowest BCUT2D eigenvalue weighted by atomic mass is 10.2. The molecule has 2 aromatic heterocycles. The van der Waals surface area contributed by atoms with Gasteiger partial charge in [-0.1, -0.05) is 0 Å². The Labute approximate surface area is 153 Å². The summed E-state index contributed by atoms with van der Waals surface area (Å²) < 4.78 is 32.0. The van der Waals surface area contributed by atoms with Gasteiger partial charge in [0, 0.05) is 19.1 Å². The number of amides is 1. The molecule has 8 nitrogen and oxygen atoms in total. The molecule has 1 aliphatic rings. The number of imidazole rings is 1. The predicted molar refractivity (Wildman–Crippen MR) is 91.4 cm³/mol. The summed E-state index contributed by atoms with van der Waals surface area (Å²) in [6.45, 7) is 3.53. The maximum absolute atomic E-state index is 13.0. The third kappa shape index (κ3) is 3.95. The molecule has 1 atom stereocenters. The van der Waals surface area contributed by atoms with Crippen LogP contribution in [0.2, 0.25) is 5.28 Å². The minimum absolute atomic E-state index is 0.0514. The van der Waals surface area contributed by atoms with Gasteiger partial charge in [0.2, 0.25) is 5.28 Å². The first-order chi connectivity index (χ1) is 12.1. The van der Waals surface area contributed by atoms with Gasteiger partial charge in [0.15, 0.2) is 17.0 Å². The maximum atomic E-state index is 13.0. The predicted octanol–water partition coefficient (Wildman–Crippen LogP) is 3.30. The first-order valence-corrected chi connectivity index (χ1v) is 8.44. The number of rotatable bonds is 3. The Hall–Kier alpha value is -2.23. The van der Waals surface area contributed by atoms with E-state index in [2.05, 4.69) is 20.3 Å². The van der Waals surface area contributed by atoms with E-state index in [0.717, 1.165) is 6.33 Å². The third-order valence-electron chi connectivity index (χ3n) is 3.79. The molecule has 0 unspecified atom stereocenters. The SMILES string of the molecule is CC(C)(C)OC(=O)N1CC[C@H](Nc2nc(Cl)nc3c2ncn3C(F)F)C1. The van der Waals surface area contributed by atoms with E-state index in [9.17, 15) is 13.6 Å². The van der Waals surface area contributed by atoms with Gasteiger partial charge in [-0.2, -0.15) is 18.7 Å². The molecule has 1 N–H and O–H groups in total. The molecule has 3 rings (SSSR count). The van der Waals surface area contributed by atoms with Crippen molar-refractivity contribution in [2.45, 2.75) is 45.4 Å². The fourth-order valence-corrected chi connectivity index (χ4v) is 2.86. The highest BCUT2D eigenvalue weighted by molar-refractivity contribution is 6.28. The first kappa shape index (κ1) is 18.6. The van der Waals surface area contributed by atoms with Crippen LogP contribution in [-0.2, 0) is 4.74 Å². The summed E-state index contributed by atoms with van der Waals surface area (Å²) >= 11 is 5.86. The van der Waals surface area contributed by atoms with Crippen molar-refractivity contribution in [1.29, 1.82) is 0 Å². The summed E-state index contributed by atoms with van der Waals surface area (Å²) in [4.78, 5) is 25.6. The number of hydrogen-bond acceptors (Lipinski definition) is 6. The van der Waals surface area contributed by atoms with Crippen LogP contribution >= 0.6 is 11.6 Å². The van der Waals surface area contributed by atoms with Crippen LogP contribution in [0.4, 0.5) is 19.4 Å². The molecule has 3 heterocycles. The van der Waals surface area contributed by atoms with Crippen LogP contribution in [0, 0.1) is 0 Å². The molecule has 11 heteroatoms. The molecule has 142 valence electrons. The van der Waals surface area contributed by atoms with Crippen molar-refractivity contribution < 1.29 is 18.3 Å². The molecule has 0 spiro atoms. The van der Waals surface area contributed by atoms with Gasteiger partial charge in [0.05, 0.1) is 0 Å². The number of carbonyl (C=O) groups is 1. The smallest absolute Gasteiger partial charge is 0.410 e. The number of nitrogens with one attached hydrogen (secondary N) is 1. The number of anilines is 1. The number of likely N-dealkylation sites (tertiary alicyclic amines) is 1. The van der Waals surface area contributed by atoms with Crippen LogP contribution in [-0.4, -0.2) is 55.2 Å². The van der Waals surface area contributed by atoms with Crippen LogP contribution in [0.3, 0.4) is 0 Å². The lowest BCUT2D eigenvalue weighted by molar-refractivity contribution is 0.0293. The number of aromatic nitrogens is 4. The second-order valence-corrected chi connectivity index (χ2v) is 7.34. The summed E-state index contributed by atoms with van der Waals surface area (Å²) in [5, 5.41) is 2.96. The zero-order valence-electron chi connectivity index (χ0n) is 14.5. The normalized spacial score (nSPS) is 18.0. The van der Waals surface area contributed by atoms with Gasteiger partial charge in [-0.05, 0) is 38.8 Å². The van der Waals surface area contributed by atoms with Crippen LogP contribution in [0.15, 0.2) is 6.33 Å². The molecule has 0 aliphatic carbocycles. The van der Waals surface area contributed by atoms with E-state index in [1.54, 1.807) is 25.7 Å². The molecule has 0 radical (unpaired) electrons. The largest absolute Gasteiger partial charge is 0.444 e. The zero-order chi connectivity index (χ0) is 19.1.